The highest BCUT2D eigenvalue weighted by atomic mass is 28.4. The van der Waals surface area contributed by atoms with E-state index in [1.807, 2.05) is 0 Å². The molecule has 0 aromatic carbocycles. The zero-order chi connectivity index (χ0) is 23.1. The van der Waals surface area contributed by atoms with Gasteiger partial charge >= 0.3 is 0 Å². The maximum absolute atomic E-state index is 6.31. The van der Waals surface area contributed by atoms with E-state index in [0.717, 1.165) is 42.2 Å². The van der Waals surface area contributed by atoms with Crippen molar-refractivity contribution < 1.29 is 14.1 Å². The minimum absolute atomic E-state index is 0.335. The Bertz CT molecular complexity index is 748. The summed E-state index contributed by atoms with van der Waals surface area (Å²) in [5.74, 6) is 3.82. The summed E-state index contributed by atoms with van der Waals surface area (Å²) in [6, 6.07) is 0. The van der Waals surface area contributed by atoms with Gasteiger partial charge in [-0.3, -0.25) is 0 Å². The predicted molar refractivity (Wildman–Crippen MR) is 133 cm³/mol. The Kier molecular flexibility index (Phi) is 6.86. The fraction of sp³-hybridized carbons (Fsp3) is 0.923. The summed E-state index contributed by atoms with van der Waals surface area (Å²) in [5, 5.41) is 8.88. The van der Waals surface area contributed by atoms with E-state index in [1.165, 1.54) is 50.7 Å². The molecule has 0 saturated heterocycles. The van der Waals surface area contributed by atoms with Crippen LogP contribution in [0.15, 0.2) is 10.3 Å². The second-order valence-electron chi connectivity index (χ2n) is 12.5. The van der Waals surface area contributed by atoms with Crippen molar-refractivity contribution in [3.63, 3.8) is 0 Å². The molecule has 0 N–H and O–H groups in total. The fourth-order valence-corrected chi connectivity index (χ4v) is 9.00. The van der Waals surface area contributed by atoms with E-state index in [1.54, 1.807) is 14.2 Å². The highest BCUT2D eigenvalue weighted by molar-refractivity contribution is 6.69. The molecule has 0 amide bonds. The summed E-state index contributed by atoms with van der Waals surface area (Å²) in [7, 11) is 1.78. The molecule has 0 aromatic rings. The number of nitrogens with zero attached hydrogens (tertiary/aromatic N) is 2. The summed E-state index contributed by atoms with van der Waals surface area (Å²) in [5.41, 5.74) is 3.26. The minimum atomic E-state index is -1.59. The lowest BCUT2D eigenvalue weighted by Crippen LogP contribution is -2.54. The molecule has 4 fully saturated rings. The normalized spacial score (nSPS) is 43.4. The molecule has 7 atom stereocenters. The Labute approximate surface area is 196 Å². The first-order valence-corrected chi connectivity index (χ1v) is 16.4. The van der Waals surface area contributed by atoms with Gasteiger partial charge in [0.05, 0.1) is 18.0 Å². The average molecular weight is 463 g/mol. The lowest BCUT2D eigenvalue weighted by Gasteiger charge is -2.60. The van der Waals surface area contributed by atoms with Crippen molar-refractivity contribution in [2.24, 2.45) is 50.7 Å². The largest absolute Gasteiger partial charge is 0.412 e. The van der Waals surface area contributed by atoms with Crippen LogP contribution in [-0.2, 0) is 14.1 Å². The molecular weight excluding hydrogens is 416 g/mol. The van der Waals surface area contributed by atoms with Crippen LogP contribution in [-0.4, -0.2) is 40.6 Å². The molecule has 1 unspecified atom stereocenters. The molecule has 0 aromatic heterocycles. The van der Waals surface area contributed by atoms with Crippen LogP contribution in [0.5, 0.6) is 0 Å². The SMILES string of the molecule is CO/N=C1/CC[C@@]2(C)C(CC[C@H]3[C@@H]4CC[C@H](/C(CO[Si](C)(C)C)=N/OC)[C@@]4(C)CC[C@@H]32)C1. The van der Waals surface area contributed by atoms with E-state index in [9.17, 15) is 0 Å². The molecule has 5 nitrogen and oxygen atoms in total. The van der Waals surface area contributed by atoms with Crippen molar-refractivity contribution in [2.45, 2.75) is 91.3 Å². The lowest BCUT2D eigenvalue weighted by molar-refractivity contribution is -0.0965. The molecule has 182 valence electrons. The standard InChI is InChI=1S/C26H46N2O3Si/c1-25-14-12-19(27-29-3)16-18(25)8-9-20-21-10-11-23(26(21,2)15-13-22(20)25)24(28-30-4)17-31-32(5,6)7/h18,20-23H,8-17H2,1-7H3/b27-19-,28-24+/t18?,20-,21-,22-,23+,25-,26-/m0/s1. The molecule has 6 heteroatoms. The van der Waals surface area contributed by atoms with Crippen molar-refractivity contribution >= 4 is 19.7 Å². The van der Waals surface area contributed by atoms with E-state index in [2.05, 4.69) is 43.8 Å². The molecule has 4 saturated carbocycles. The van der Waals surface area contributed by atoms with Gasteiger partial charge in [-0.25, -0.2) is 0 Å². The van der Waals surface area contributed by atoms with Gasteiger partial charge in [-0.1, -0.05) is 24.2 Å². The number of rotatable bonds is 6. The minimum Gasteiger partial charge on any atom is -0.412 e. The van der Waals surface area contributed by atoms with Crippen LogP contribution in [0.25, 0.3) is 0 Å². The molecule has 32 heavy (non-hydrogen) atoms. The van der Waals surface area contributed by atoms with Gasteiger partial charge in [0.15, 0.2) is 8.32 Å². The zero-order valence-corrected chi connectivity index (χ0v) is 22.6. The van der Waals surface area contributed by atoms with Gasteiger partial charge in [-0.05, 0) is 112 Å². The van der Waals surface area contributed by atoms with E-state index in [-0.39, 0.29) is 0 Å². The number of oxime groups is 2. The summed E-state index contributed by atoms with van der Waals surface area (Å²) >= 11 is 0. The smallest absolute Gasteiger partial charge is 0.184 e. The Hall–Kier alpha value is -0.883. The summed E-state index contributed by atoms with van der Waals surface area (Å²) in [6.07, 6.45) is 11.6. The summed E-state index contributed by atoms with van der Waals surface area (Å²) < 4.78 is 6.31. The first-order chi connectivity index (χ1) is 15.1. The van der Waals surface area contributed by atoms with E-state index in [4.69, 9.17) is 14.1 Å². The highest BCUT2D eigenvalue weighted by Gasteiger charge is 2.60. The quantitative estimate of drug-likeness (QED) is 0.257. The molecule has 0 heterocycles. The van der Waals surface area contributed by atoms with E-state index in [0.29, 0.717) is 23.4 Å². The third-order valence-corrected chi connectivity index (χ3v) is 11.0. The lowest BCUT2D eigenvalue weighted by atomic mass is 9.44. The van der Waals surface area contributed by atoms with Crippen LogP contribution in [0.2, 0.25) is 19.6 Å². The van der Waals surface area contributed by atoms with Gasteiger partial charge in [-0.2, -0.15) is 0 Å². The average Bonchev–Trinajstić information content (AvgIpc) is 3.08. The molecule has 0 spiro atoms. The molecular formula is C26H46N2O3Si. The Balaban J connectivity index is 1.53. The first kappa shape index (κ1) is 24.2. The van der Waals surface area contributed by atoms with Crippen molar-refractivity contribution in [3.8, 4) is 0 Å². The first-order valence-electron chi connectivity index (χ1n) is 12.9. The van der Waals surface area contributed by atoms with Gasteiger partial charge in [0.1, 0.15) is 14.2 Å². The maximum Gasteiger partial charge on any atom is 0.184 e. The number of hydrogen-bond donors (Lipinski definition) is 0. The Morgan fingerprint density at radius 1 is 0.938 bits per heavy atom. The second kappa shape index (κ2) is 9.05. The van der Waals surface area contributed by atoms with Gasteiger partial charge < -0.3 is 14.1 Å². The van der Waals surface area contributed by atoms with Gasteiger partial charge in [-0.15, -0.1) is 0 Å². The van der Waals surface area contributed by atoms with Crippen LogP contribution in [0.4, 0.5) is 0 Å². The van der Waals surface area contributed by atoms with Gasteiger partial charge in [0, 0.05) is 5.92 Å². The molecule has 0 bridgehead atoms. The third-order valence-electron chi connectivity index (χ3n) is 9.98. The van der Waals surface area contributed by atoms with Gasteiger partial charge in [0.25, 0.3) is 0 Å². The van der Waals surface area contributed by atoms with Crippen LogP contribution in [0.3, 0.4) is 0 Å². The monoisotopic (exact) mass is 462 g/mol. The summed E-state index contributed by atoms with van der Waals surface area (Å²) in [4.78, 5) is 10.5. The number of fused-ring (bicyclic) bond motifs is 5. The van der Waals surface area contributed by atoms with E-state index < -0.39 is 8.32 Å². The highest BCUT2D eigenvalue weighted by Crippen LogP contribution is 2.67. The topological polar surface area (TPSA) is 52.4 Å². The Morgan fingerprint density at radius 2 is 1.69 bits per heavy atom. The van der Waals surface area contributed by atoms with Crippen molar-refractivity contribution in [2.75, 3.05) is 20.8 Å². The Morgan fingerprint density at radius 3 is 2.38 bits per heavy atom. The van der Waals surface area contributed by atoms with Crippen LogP contribution in [0, 0.1) is 40.4 Å². The number of hydrogen-bond acceptors (Lipinski definition) is 5. The van der Waals surface area contributed by atoms with Crippen molar-refractivity contribution in [1.29, 1.82) is 0 Å². The molecule has 0 aliphatic heterocycles. The third kappa shape index (κ3) is 4.31. The van der Waals surface area contributed by atoms with Crippen LogP contribution < -0.4 is 0 Å². The van der Waals surface area contributed by atoms with Gasteiger partial charge in [0.2, 0.25) is 0 Å². The van der Waals surface area contributed by atoms with Crippen LogP contribution in [0.1, 0.15) is 71.6 Å². The van der Waals surface area contributed by atoms with Crippen molar-refractivity contribution in [1.82, 2.24) is 0 Å². The molecule has 0 radical (unpaired) electrons. The maximum atomic E-state index is 6.31. The second-order valence-corrected chi connectivity index (χ2v) is 17.1. The zero-order valence-electron chi connectivity index (χ0n) is 21.6. The fourth-order valence-electron chi connectivity index (χ4n) is 8.42. The molecule has 4 aliphatic carbocycles. The predicted octanol–water partition coefficient (Wildman–Crippen LogP) is 6.50. The van der Waals surface area contributed by atoms with Crippen molar-refractivity contribution in [3.05, 3.63) is 0 Å². The van der Waals surface area contributed by atoms with E-state index >= 15 is 0 Å². The summed E-state index contributed by atoms with van der Waals surface area (Å²) in [6.45, 7) is 12.6. The molecule has 4 rings (SSSR count). The van der Waals surface area contributed by atoms with Crippen LogP contribution >= 0.6 is 0 Å². The molecule has 4 aliphatic rings.